The maximum Gasteiger partial charge on any atom is 0.266 e. The molecule has 0 bridgehead atoms. The Morgan fingerprint density at radius 2 is 2.05 bits per heavy atom. The minimum atomic E-state index is -3.90. The number of sulfonamides is 1. The normalized spacial score (nSPS) is 11.1. The Labute approximate surface area is 120 Å². The molecule has 0 radical (unpaired) electrons. The highest BCUT2D eigenvalue weighted by Crippen LogP contribution is 2.27. The van der Waals surface area contributed by atoms with Gasteiger partial charge in [0.25, 0.3) is 10.0 Å². The van der Waals surface area contributed by atoms with Crippen LogP contribution in [0.5, 0.6) is 5.75 Å². The molecule has 2 aromatic rings. The third kappa shape index (κ3) is 3.09. The number of hydrogen-bond acceptors (Lipinski definition) is 6. The van der Waals surface area contributed by atoms with Crippen molar-refractivity contribution < 1.29 is 13.2 Å². The van der Waals surface area contributed by atoms with Crippen LogP contribution in [-0.4, -0.2) is 25.5 Å². The number of ether oxygens (including phenoxy) is 1. The number of nitrogens with two attached hydrogens (primary N) is 1. The van der Waals surface area contributed by atoms with Gasteiger partial charge in [0.05, 0.1) is 7.11 Å². The fraction of sp³-hybridized carbons (Fsp3) is 0.0909. The van der Waals surface area contributed by atoms with Gasteiger partial charge in [0.2, 0.25) is 0 Å². The van der Waals surface area contributed by atoms with Gasteiger partial charge in [0, 0.05) is 11.8 Å². The molecule has 0 aliphatic rings. The van der Waals surface area contributed by atoms with Crippen LogP contribution in [0.2, 0.25) is 5.15 Å². The second-order valence-corrected chi connectivity index (χ2v) is 5.78. The molecule has 1 aromatic heterocycles. The van der Waals surface area contributed by atoms with Crippen molar-refractivity contribution in [2.24, 2.45) is 0 Å². The summed E-state index contributed by atoms with van der Waals surface area (Å²) in [4.78, 5) is 7.35. The lowest BCUT2D eigenvalue weighted by atomic mass is 10.3. The third-order valence-electron chi connectivity index (χ3n) is 2.35. The van der Waals surface area contributed by atoms with Gasteiger partial charge in [-0.15, -0.1) is 0 Å². The highest BCUT2D eigenvalue weighted by molar-refractivity contribution is 7.92. The highest BCUT2D eigenvalue weighted by Gasteiger charge is 2.20. The van der Waals surface area contributed by atoms with Crippen molar-refractivity contribution in [1.82, 2.24) is 9.97 Å². The lowest BCUT2D eigenvalue weighted by molar-refractivity contribution is 0.403. The average molecular weight is 315 g/mol. The first-order valence-corrected chi connectivity index (χ1v) is 7.22. The zero-order valence-electron chi connectivity index (χ0n) is 10.4. The quantitative estimate of drug-likeness (QED) is 0.654. The van der Waals surface area contributed by atoms with Crippen LogP contribution < -0.4 is 15.2 Å². The smallest absolute Gasteiger partial charge is 0.266 e. The molecule has 1 heterocycles. The summed E-state index contributed by atoms with van der Waals surface area (Å²) in [6.07, 6.45) is 1.15. The maximum absolute atomic E-state index is 12.3. The highest BCUT2D eigenvalue weighted by atomic mass is 35.5. The van der Waals surface area contributed by atoms with Crippen LogP contribution in [0.1, 0.15) is 0 Å². The van der Waals surface area contributed by atoms with E-state index < -0.39 is 10.0 Å². The number of hydrogen-bond donors (Lipinski definition) is 2. The molecule has 1 aromatic carbocycles. The summed E-state index contributed by atoms with van der Waals surface area (Å²) >= 11 is 5.67. The van der Waals surface area contributed by atoms with Gasteiger partial charge in [-0.25, -0.2) is 18.4 Å². The van der Waals surface area contributed by atoms with E-state index in [2.05, 4.69) is 14.7 Å². The molecular weight excluding hydrogens is 304 g/mol. The van der Waals surface area contributed by atoms with Crippen LogP contribution in [-0.2, 0) is 10.0 Å². The molecule has 9 heteroatoms. The Morgan fingerprint density at radius 1 is 1.30 bits per heavy atom. The van der Waals surface area contributed by atoms with Gasteiger partial charge in [0.15, 0.2) is 0 Å². The lowest BCUT2D eigenvalue weighted by Gasteiger charge is -2.11. The molecule has 7 nitrogen and oxygen atoms in total. The molecule has 0 saturated carbocycles. The first-order valence-electron chi connectivity index (χ1n) is 5.36. The van der Waals surface area contributed by atoms with Gasteiger partial charge in [-0.2, -0.15) is 0 Å². The van der Waals surface area contributed by atoms with Crippen molar-refractivity contribution in [3.63, 3.8) is 0 Å². The standard InChI is InChI=1S/C11H11ClN4O3S/c1-19-8-3-2-7(13)4-9(8)20(17,18)16-11-5-10(12)14-6-15-11/h2-6H,13H2,1H3,(H,14,15,16). The first kappa shape index (κ1) is 14.4. The molecule has 3 N–H and O–H groups in total. The molecule has 0 spiro atoms. The van der Waals surface area contributed by atoms with Crippen molar-refractivity contribution in [3.8, 4) is 5.75 Å². The minimum absolute atomic E-state index is 0.0504. The second kappa shape index (κ2) is 5.51. The van der Waals surface area contributed by atoms with Gasteiger partial charge >= 0.3 is 0 Å². The van der Waals surface area contributed by atoms with Crippen LogP contribution in [0, 0.1) is 0 Å². The fourth-order valence-electron chi connectivity index (χ4n) is 1.49. The van der Waals surface area contributed by atoms with Crippen LogP contribution >= 0.6 is 11.6 Å². The largest absolute Gasteiger partial charge is 0.495 e. The van der Waals surface area contributed by atoms with E-state index >= 15 is 0 Å². The molecule has 0 aliphatic carbocycles. The molecule has 20 heavy (non-hydrogen) atoms. The summed E-state index contributed by atoms with van der Waals surface area (Å²) in [5, 5.41) is 0.122. The van der Waals surface area contributed by atoms with E-state index in [0.29, 0.717) is 5.69 Å². The Bertz CT molecular complexity index is 736. The Kier molecular flexibility index (Phi) is 3.96. The number of aromatic nitrogens is 2. The van der Waals surface area contributed by atoms with E-state index in [9.17, 15) is 8.42 Å². The number of anilines is 2. The van der Waals surface area contributed by atoms with Gasteiger partial charge in [-0.1, -0.05) is 11.6 Å². The van der Waals surface area contributed by atoms with Gasteiger partial charge in [-0.3, -0.25) is 4.72 Å². The monoisotopic (exact) mass is 314 g/mol. The molecule has 0 amide bonds. The van der Waals surface area contributed by atoms with Gasteiger partial charge in [-0.05, 0) is 18.2 Å². The van der Waals surface area contributed by atoms with Crippen LogP contribution in [0.15, 0.2) is 35.5 Å². The summed E-state index contributed by atoms with van der Waals surface area (Å²) in [7, 11) is -2.53. The Balaban J connectivity index is 2.43. The number of nitrogen functional groups attached to an aromatic ring is 1. The van der Waals surface area contributed by atoms with Crippen molar-refractivity contribution in [1.29, 1.82) is 0 Å². The maximum atomic E-state index is 12.3. The molecular formula is C11H11ClN4O3S. The van der Waals surface area contributed by atoms with Crippen molar-refractivity contribution in [2.45, 2.75) is 4.90 Å². The summed E-state index contributed by atoms with van der Waals surface area (Å²) in [5.74, 6) is 0.223. The molecule has 0 atom stereocenters. The Morgan fingerprint density at radius 3 is 2.70 bits per heavy atom. The van der Waals surface area contributed by atoms with Crippen LogP contribution in [0.3, 0.4) is 0 Å². The number of benzene rings is 1. The third-order valence-corrected chi connectivity index (χ3v) is 3.93. The van der Waals surface area contributed by atoms with Crippen molar-refractivity contribution in [2.75, 3.05) is 17.6 Å². The fourth-order valence-corrected chi connectivity index (χ4v) is 2.84. The molecule has 0 fully saturated rings. The predicted octanol–water partition coefficient (Wildman–Crippen LogP) is 1.52. The van der Waals surface area contributed by atoms with E-state index in [4.69, 9.17) is 22.1 Å². The zero-order chi connectivity index (χ0) is 14.8. The van der Waals surface area contributed by atoms with Crippen LogP contribution in [0.25, 0.3) is 0 Å². The SMILES string of the molecule is COc1ccc(N)cc1S(=O)(=O)Nc1cc(Cl)ncn1. The second-order valence-electron chi connectivity index (χ2n) is 3.74. The number of halogens is 1. The van der Waals surface area contributed by atoms with E-state index in [1.54, 1.807) is 6.07 Å². The number of methoxy groups -OCH3 is 1. The summed E-state index contributed by atoms with van der Waals surface area (Å²) in [6.45, 7) is 0. The zero-order valence-corrected chi connectivity index (χ0v) is 11.9. The topological polar surface area (TPSA) is 107 Å². The van der Waals surface area contributed by atoms with Gasteiger partial charge < -0.3 is 10.5 Å². The van der Waals surface area contributed by atoms with Crippen LogP contribution in [0.4, 0.5) is 11.5 Å². The van der Waals surface area contributed by atoms with Crippen molar-refractivity contribution >= 4 is 33.1 Å². The molecule has 0 unspecified atom stereocenters. The van der Waals surface area contributed by atoms with E-state index in [1.165, 1.54) is 25.3 Å². The molecule has 0 aliphatic heterocycles. The number of nitrogens with one attached hydrogen (secondary N) is 1. The average Bonchev–Trinajstić information content (AvgIpc) is 2.38. The van der Waals surface area contributed by atoms with Gasteiger partial charge in [0.1, 0.15) is 27.9 Å². The molecule has 2 rings (SSSR count). The van der Waals surface area contributed by atoms with E-state index in [1.807, 2.05) is 0 Å². The minimum Gasteiger partial charge on any atom is -0.495 e. The summed E-state index contributed by atoms with van der Waals surface area (Å²) < 4.78 is 31.9. The molecule has 106 valence electrons. The molecule has 0 saturated heterocycles. The number of nitrogens with zero attached hydrogens (tertiary/aromatic N) is 2. The Hall–Kier alpha value is -2.06. The summed E-state index contributed by atoms with van der Waals surface area (Å²) in [5.41, 5.74) is 5.90. The predicted molar refractivity (Wildman–Crippen MR) is 75.3 cm³/mol. The van der Waals surface area contributed by atoms with Crippen molar-refractivity contribution in [3.05, 3.63) is 35.7 Å². The number of rotatable bonds is 4. The first-order chi connectivity index (χ1) is 9.42. The summed E-state index contributed by atoms with van der Waals surface area (Å²) in [6, 6.07) is 5.60. The van der Waals surface area contributed by atoms with E-state index in [-0.39, 0.29) is 21.6 Å². The van der Waals surface area contributed by atoms with E-state index in [0.717, 1.165) is 6.33 Å². The lowest BCUT2D eigenvalue weighted by Crippen LogP contribution is -2.15.